The Labute approximate surface area is 117 Å². The Hall–Kier alpha value is -1.95. The maximum Gasteiger partial charge on any atom is 0.338 e. The fraction of sp³-hybridized carbons (Fsp3) is 0.500. The first-order valence-electron chi connectivity index (χ1n) is 6.37. The van der Waals surface area contributed by atoms with Gasteiger partial charge in [-0.15, -0.1) is 0 Å². The van der Waals surface area contributed by atoms with E-state index in [1.165, 1.54) is 14.2 Å². The van der Waals surface area contributed by atoms with Crippen LogP contribution in [0.25, 0.3) is 0 Å². The van der Waals surface area contributed by atoms with E-state index in [0.717, 1.165) is 0 Å². The lowest BCUT2D eigenvalue weighted by Gasteiger charge is -2.15. The van der Waals surface area contributed by atoms with Crippen LogP contribution < -0.4 is 14.2 Å². The van der Waals surface area contributed by atoms with Crippen molar-refractivity contribution in [1.29, 1.82) is 0 Å². The topological polar surface area (TPSA) is 66.5 Å². The van der Waals surface area contributed by atoms with E-state index in [2.05, 4.69) is 0 Å². The minimum absolute atomic E-state index is 0.120. The zero-order valence-electron chi connectivity index (χ0n) is 11.8. The van der Waals surface area contributed by atoms with Crippen molar-refractivity contribution in [3.05, 3.63) is 17.7 Å². The average Bonchev–Trinajstić information content (AvgIpc) is 3.28. The van der Waals surface area contributed by atoms with Crippen molar-refractivity contribution >= 4 is 5.97 Å². The van der Waals surface area contributed by atoms with Gasteiger partial charge in [0, 0.05) is 0 Å². The summed E-state index contributed by atoms with van der Waals surface area (Å²) in [5, 5.41) is 0. The predicted octanol–water partition coefficient (Wildman–Crippen LogP) is 1.66. The molecular formula is C14H18O6. The van der Waals surface area contributed by atoms with Gasteiger partial charge in [0.1, 0.15) is 12.7 Å². The fourth-order valence-electron chi connectivity index (χ4n) is 1.69. The molecule has 0 saturated carbocycles. The smallest absolute Gasteiger partial charge is 0.338 e. The van der Waals surface area contributed by atoms with Gasteiger partial charge in [0.15, 0.2) is 11.5 Å². The van der Waals surface area contributed by atoms with Crippen molar-refractivity contribution in [2.24, 2.45) is 0 Å². The highest BCUT2D eigenvalue weighted by Crippen LogP contribution is 2.39. The van der Waals surface area contributed by atoms with Crippen LogP contribution in [0.4, 0.5) is 0 Å². The summed E-state index contributed by atoms with van der Waals surface area (Å²) in [6.07, 6.45) is 0.120. The number of rotatable bonds is 7. The maximum absolute atomic E-state index is 11.8. The summed E-state index contributed by atoms with van der Waals surface area (Å²) in [6.45, 7) is 3.18. The quantitative estimate of drug-likeness (QED) is 0.559. The molecule has 0 amide bonds. The van der Waals surface area contributed by atoms with Crippen molar-refractivity contribution < 1.29 is 28.5 Å². The minimum Gasteiger partial charge on any atom is -0.493 e. The molecule has 1 fully saturated rings. The van der Waals surface area contributed by atoms with Crippen LogP contribution >= 0.6 is 0 Å². The van der Waals surface area contributed by atoms with Gasteiger partial charge in [0.05, 0.1) is 33.0 Å². The molecule has 2 rings (SSSR count). The molecule has 1 aliphatic heterocycles. The number of carbonyl (C=O) groups is 1. The molecule has 0 spiro atoms. The molecule has 1 atom stereocenters. The van der Waals surface area contributed by atoms with Gasteiger partial charge in [0.25, 0.3) is 0 Å². The number of carbonyl (C=O) groups excluding carboxylic acids is 1. The van der Waals surface area contributed by atoms with Crippen LogP contribution in [0.3, 0.4) is 0 Å². The highest BCUT2D eigenvalue weighted by atomic mass is 16.6. The summed E-state index contributed by atoms with van der Waals surface area (Å²) in [4.78, 5) is 11.8. The highest BCUT2D eigenvalue weighted by molar-refractivity contribution is 5.91. The second-order valence-electron chi connectivity index (χ2n) is 4.20. The van der Waals surface area contributed by atoms with Gasteiger partial charge in [-0.1, -0.05) is 0 Å². The molecule has 6 heteroatoms. The second-order valence-corrected chi connectivity index (χ2v) is 4.20. The molecule has 1 aliphatic rings. The van der Waals surface area contributed by atoms with E-state index in [4.69, 9.17) is 23.7 Å². The molecule has 1 heterocycles. The van der Waals surface area contributed by atoms with Crippen molar-refractivity contribution in [2.45, 2.75) is 13.0 Å². The molecule has 110 valence electrons. The van der Waals surface area contributed by atoms with Gasteiger partial charge in [-0.3, -0.25) is 0 Å². The largest absolute Gasteiger partial charge is 0.493 e. The summed E-state index contributed by atoms with van der Waals surface area (Å²) in [6, 6.07) is 3.15. The van der Waals surface area contributed by atoms with Gasteiger partial charge in [-0.2, -0.15) is 0 Å². The number of ether oxygens (including phenoxy) is 5. The first kappa shape index (κ1) is 14.5. The molecule has 0 aromatic heterocycles. The third-order valence-electron chi connectivity index (χ3n) is 2.79. The van der Waals surface area contributed by atoms with E-state index >= 15 is 0 Å². The van der Waals surface area contributed by atoms with Crippen molar-refractivity contribution in [2.75, 3.05) is 34.0 Å². The van der Waals surface area contributed by atoms with Crippen LogP contribution in [0.5, 0.6) is 17.2 Å². The predicted molar refractivity (Wildman–Crippen MR) is 70.7 cm³/mol. The Balaban J connectivity index is 2.26. The summed E-state index contributed by atoms with van der Waals surface area (Å²) in [5.41, 5.74) is 0.357. The van der Waals surface area contributed by atoms with Crippen LogP contribution in [0.2, 0.25) is 0 Å². The Morgan fingerprint density at radius 1 is 1.30 bits per heavy atom. The van der Waals surface area contributed by atoms with E-state index in [-0.39, 0.29) is 6.10 Å². The molecule has 0 aliphatic carbocycles. The van der Waals surface area contributed by atoms with Gasteiger partial charge in [-0.25, -0.2) is 4.79 Å². The van der Waals surface area contributed by atoms with Gasteiger partial charge in [-0.05, 0) is 19.1 Å². The molecule has 0 radical (unpaired) electrons. The first-order chi connectivity index (χ1) is 9.69. The summed E-state index contributed by atoms with van der Waals surface area (Å²) < 4.78 is 26.2. The normalized spacial score (nSPS) is 16.4. The van der Waals surface area contributed by atoms with Gasteiger partial charge < -0.3 is 23.7 Å². The van der Waals surface area contributed by atoms with E-state index in [0.29, 0.717) is 42.6 Å². The van der Waals surface area contributed by atoms with Crippen molar-refractivity contribution in [3.8, 4) is 17.2 Å². The maximum atomic E-state index is 11.8. The van der Waals surface area contributed by atoms with Crippen LogP contribution in [-0.4, -0.2) is 46.1 Å². The van der Waals surface area contributed by atoms with Crippen molar-refractivity contribution in [1.82, 2.24) is 0 Å². The van der Waals surface area contributed by atoms with Crippen LogP contribution in [-0.2, 0) is 9.47 Å². The Kier molecular flexibility index (Phi) is 4.68. The average molecular weight is 282 g/mol. The number of hydrogen-bond acceptors (Lipinski definition) is 6. The number of methoxy groups -OCH3 is 2. The Morgan fingerprint density at radius 2 is 1.90 bits per heavy atom. The summed E-state index contributed by atoms with van der Waals surface area (Å²) >= 11 is 0. The zero-order chi connectivity index (χ0) is 14.5. The van der Waals surface area contributed by atoms with E-state index < -0.39 is 5.97 Å². The lowest BCUT2D eigenvalue weighted by Crippen LogP contribution is -2.09. The van der Waals surface area contributed by atoms with Gasteiger partial charge in [0.2, 0.25) is 5.75 Å². The molecule has 6 nitrogen and oxygen atoms in total. The molecule has 1 unspecified atom stereocenters. The van der Waals surface area contributed by atoms with Crippen LogP contribution in [0.15, 0.2) is 12.1 Å². The van der Waals surface area contributed by atoms with E-state index in [1.54, 1.807) is 19.1 Å². The molecule has 1 saturated heterocycles. The molecule has 20 heavy (non-hydrogen) atoms. The third kappa shape index (κ3) is 3.33. The monoisotopic (exact) mass is 282 g/mol. The number of benzene rings is 1. The lowest BCUT2D eigenvalue weighted by molar-refractivity contribution is 0.0525. The Morgan fingerprint density at radius 3 is 2.35 bits per heavy atom. The molecule has 0 bridgehead atoms. The first-order valence-corrected chi connectivity index (χ1v) is 6.37. The minimum atomic E-state index is -0.429. The lowest BCUT2D eigenvalue weighted by atomic mass is 10.2. The summed E-state index contributed by atoms with van der Waals surface area (Å²) in [5.74, 6) is 0.876. The molecule has 0 N–H and O–H groups in total. The SMILES string of the molecule is CCOC(=O)c1cc(OC)c(OCC2CO2)c(OC)c1. The standard InChI is InChI=1S/C14H18O6/c1-4-18-14(15)9-5-11(16-2)13(12(6-9)17-3)20-8-10-7-19-10/h5-6,10H,4,7-8H2,1-3H3. The number of epoxide rings is 1. The number of hydrogen-bond donors (Lipinski definition) is 0. The van der Waals surface area contributed by atoms with E-state index in [1.807, 2.05) is 0 Å². The van der Waals surface area contributed by atoms with Crippen LogP contribution in [0, 0.1) is 0 Å². The molecular weight excluding hydrogens is 264 g/mol. The summed E-state index contributed by atoms with van der Waals surface area (Å²) in [7, 11) is 3.01. The Bertz CT molecular complexity index is 456. The second kappa shape index (κ2) is 6.47. The fourth-order valence-corrected chi connectivity index (χ4v) is 1.69. The molecule has 1 aromatic carbocycles. The number of esters is 1. The van der Waals surface area contributed by atoms with Crippen LogP contribution in [0.1, 0.15) is 17.3 Å². The van der Waals surface area contributed by atoms with E-state index in [9.17, 15) is 4.79 Å². The highest BCUT2D eigenvalue weighted by Gasteiger charge is 2.25. The molecule has 1 aromatic rings. The van der Waals surface area contributed by atoms with Gasteiger partial charge >= 0.3 is 5.97 Å². The zero-order valence-corrected chi connectivity index (χ0v) is 11.8. The van der Waals surface area contributed by atoms with Crippen molar-refractivity contribution in [3.63, 3.8) is 0 Å². The third-order valence-corrected chi connectivity index (χ3v) is 2.79.